The van der Waals surface area contributed by atoms with Crippen LogP contribution >= 0.6 is 11.8 Å². The van der Waals surface area contributed by atoms with Gasteiger partial charge in [0.15, 0.2) is 0 Å². The number of carboxylic acid groups (broad SMARTS) is 1. The van der Waals surface area contributed by atoms with Gasteiger partial charge in [0.25, 0.3) is 6.43 Å². The SMILES string of the molecule is CC1CC(C(=O)O)CN(C(=O)Nc2ccc3c(c2)N(CC(F)F)CCS3)C1. The number of carboxylic acids is 1. The Hall–Kier alpha value is -2.03. The molecule has 2 aliphatic heterocycles. The van der Waals surface area contributed by atoms with Crippen molar-refractivity contribution >= 4 is 35.1 Å². The molecule has 148 valence electrons. The van der Waals surface area contributed by atoms with Gasteiger partial charge in [-0.05, 0) is 30.5 Å². The summed E-state index contributed by atoms with van der Waals surface area (Å²) in [5, 5.41) is 12.0. The van der Waals surface area contributed by atoms with Crippen LogP contribution in [0.15, 0.2) is 23.1 Å². The highest BCUT2D eigenvalue weighted by Crippen LogP contribution is 2.37. The Morgan fingerprint density at radius 2 is 2.15 bits per heavy atom. The van der Waals surface area contributed by atoms with Crippen LogP contribution in [0, 0.1) is 11.8 Å². The number of thioether (sulfide) groups is 1. The van der Waals surface area contributed by atoms with Crippen molar-refractivity contribution in [2.45, 2.75) is 24.7 Å². The number of urea groups is 1. The number of carbonyl (C=O) groups is 2. The molecule has 9 heteroatoms. The summed E-state index contributed by atoms with van der Waals surface area (Å²) in [6, 6.07) is 4.92. The third-order valence-electron chi connectivity index (χ3n) is 4.82. The molecule has 0 bridgehead atoms. The first kappa shape index (κ1) is 19.7. The number of alkyl halides is 2. The lowest BCUT2D eigenvalue weighted by Crippen LogP contribution is -2.47. The number of fused-ring (bicyclic) bond motifs is 1. The number of piperidine rings is 1. The van der Waals surface area contributed by atoms with Crippen molar-refractivity contribution in [2.24, 2.45) is 11.8 Å². The lowest BCUT2D eigenvalue weighted by molar-refractivity contribution is -0.143. The first-order valence-electron chi connectivity index (χ1n) is 8.92. The van der Waals surface area contributed by atoms with E-state index in [2.05, 4.69) is 5.32 Å². The maximum atomic E-state index is 12.8. The number of likely N-dealkylation sites (tertiary alicyclic amines) is 1. The van der Waals surface area contributed by atoms with Crippen LogP contribution in [0.5, 0.6) is 0 Å². The molecule has 0 aliphatic carbocycles. The van der Waals surface area contributed by atoms with Crippen molar-refractivity contribution in [1.82, 2.24) is 4.90 Å². The molecule has 2 heterocycles. The fourth-order valence-electron chi connectivity index (χ4n) is 3.61. The number of benzene rings is 1. The lowest BCUT2D eigenvalue weighted by atomic mass is 9.91. The van der Waals surface area contributed by atoms with Crippen molar-refractivity contribution < 1.29 is 23.5 Å². The zero-order valence-corrected chi connectivity index (χ0v) is 15.8. The van der Waals surface area contributed by atoms with Crippen LogP contribution in [0.3, 0.4) is 0 Å². The van der Waals surface area contributed by atoms with Gasteiger partial charge in [-0.15, -0.1) is 11.8 Å². The molecule has 2 unspecified atom stereocenters. The molecule has 3 rings (SSSR count). The van der Waals surface area contributed by atoms with Gasteiger partial charge in [0.2, 0.25) is 0 Å². The number of nitrogens with zero attached hydrogens (tertiary/aromatic N) is 2. The third-order valence-corrected chi connectivity index (χ3v) is 5.87. The number of amides is 2. The van der Waals surface area contributed by atoms with Crippen LogP contribution in [-0.4, -0.2) is 60.4 Å². The Morgan fingerprint density at radius 1 is 1.37 bits per heavy atom. The van der Waals surface area contributed by atoms with E-state index in [-0.39, 0.29) is 25.0 Å². The van der Waals surface area contributed by atoms with Gasteiger partial charge in [0, 0.05) is 36.0 Å². The Balaban J connectivity index is 1.72. The van der Waals surface area contributed by atoms with Gasteiger partial charge in [-0.1, -0.05) is 6.92 Å². The summed E-state index contributed by atoms with van der Waals surface area (Å²) in [5.41, 5.74) is 1.21. The van der Waals surface area contributed by atoms with Crippen molar-refractivity contribution in [1.29, 1.82) is 0 Å². The van der Waals surface area contributed by atoms with E-state index in [9.17, 15) is 23.5 Å². The van der Waals surface area contributed by atoms with Crippen molar-refractivity contribution in [2.75, 3.05) is 42.1 Å². The molecule has 2 aliphatic rings. The highest BCUT2D eigenvalue weighted by molar-refractivity contribution is 7.99. The number of hydrogen-bond donors (Lipinski definition) is 2. The molecule has 0 spiro atoms. The van der Waals surface area contributed by atoms with Gasteiger partial charge >= 0.3 is 12.0 Å². The molecule has 0 aromatic heterocycles. The van der Waals surface area contributed by atoms with Gasteiger partial charge in [-0.2, -0.15) is 0 Å². The second kappa shape index (κ2) is 8.33. The lowest BCUT2D eigenvalue weighted by Gasteiger charge is -2.35. The minimum Gasteiger partial charge on any atom is -0.481 e. The average molecular weight is 399 g/mol. The minimum atomic E-state index is -2.43. The molecule has 2 amide bonds. The summed E-state index contributed by atoms with van der Waals surface area (Å²) < 4.78 is 25.7. The second-order valence-electron chi connectivity index (χ2n) is 7.08. The minimum absolute atomic E-state index is 0.104. The fourth-order valence-corrected chi connectivity index (χ4v) is 4.64. The third kappa shape index (κ3) is 4.82. The van der Waals surface area contributed by atoms with Crippen molar-refractivity contribution in [3.05, 3.63) is 18.2 Å². The van der Waals surface area contributed by atoms with E-state index in [1.54, 1.807) is 28.8 Å². The Morgan fingerprint density at radius 3 is 2.85 bits per heavy atom. The number of rotatable bonds is 4. The van der Waals surface area contributed by atoms with Crippen LogP contribution in [0.4, 0.5) is 25.0 Å². The van der Waals surface area contributed by atoms with E-state index >= 15 is 0 Å². The maximum absolute atomic E-state index is 12.8. The van der Waals surface area contributed by atoms with Crippen LogP contribution in [-0.2, 0) is 4.79 Å². The highest BCUT2D eigenvalue weighted by atomic mass is 32.2. The summed E-state index contributed by atoms with van der Waals surface area (Å²) >= 11 is 1.60. The normalized spacial score (nSPS) is 22.5. The van der Waals surface area contributed by atoms with Crippen LogP contribution < -0.4 is 10.2 Å². The molecule has 0 radical (unpaired) electrons. The molecule has 2 atom stereocenters. The zero-order valence-electron chi connectivity index (χ0n) is 15.0. The summed E-state index contributed by atoms with van der Waals surface area (Å²) in [6.07, 6.45) is -1.88. The molecular weight excluding hydrogens is 376 g/mol. The molecular formula is C18H23F2N3O3S. The predicted octanol–water partition coefficient (Wildman–Crippen LogP) is 3.44. The monoisotopic (exact) mass is 399 g/mol. The Kier molecular flexibility index (Phi) is 6.08. The molecule has 0 saturated carbocycles. The number of hydrogen-bond acceptors (Lipinski definition) is 4. The van der Waals surface area contributed by atoms with E-state index in [1.807, 2.05) is 13.0 Å². The van der Waals surface area contributed by atoms with E-state index in [4.69, 9.17) is 0 Å². The first-order valence-corrected chi connectivity index (χ1v) is 9.90. The quantitative estimate of drug-likeness (QED) is 0.812. The molecule has 1 saturated heterocycles. The fraction of sp³-hybridized carbons (Fsp3) is 0.556. The predicted molar refractivity (Wildman–Crippen MR) is 101 cm³/mol. The van der Waals surface area contributed by atoms with E-state index < -0.39 is 18.3 Å². The molecule has 1 fully saturated rings. The van der Waals surface area contributed by atoms with Crippen LogP contribution in [0.1, 0.15) is 13.3 Å². The highest BCUT2D eigenvalue weighted by Gasteiger charge is 2.32. The van der Waals surface area contributed by atoms with Crippen molar-refractivity contribution in [3.63, 3.8) is 0 Å². The molecule has 2 N–H and O–H groups in total. The molecule has 27 heavy (non-hydrogen) atoms. The largest absolute Gasteiger partial charge is 0.481 e. The summed E-state index contributed by atoms with van der Waals surface area (Å²) in [6.45, 7) is 2.78. The van der Waals surface area contributed by atoms with Gasteiger partial charge in [0.05, 0.1) is 18.2 Å². The summed E-state index contributed by atoms with van der Waals surface area (Å²) in [7, 11) is 0. The summed E-state index contributed by atoms with van der Waals surface area (Å²) in [4.78, 5) is 27.9. The number of anilines is 2. The van der Waals surface area contributed by atoms with Crippen LogP contribution in [0.2, 0.25) is 0 Å². The molecule has 6 nitrogen and oxygen atoms in total. The van der Waals surface area contributed by atoms with Gasteiger partial charge < -0.3 is 20.2 Å². The van der Waals surface area contributed by atoms with Gasteiger partial charge in [0.1, 0.15) is 0 Å². The van der Waals surface area contributed by atoms with Crippen molar-refractivity contribution in [3.8, 4) is 0 Å². The number of aliphatic carboxylic acids is 1. The maximum Gasteiger partial charge on any atom is 0.321 e. The number of nitrogens with one attached hydrogen (secondary N) is 1. The number of halogens is 2. The Labute approximate surface area is 160 Å². The zero-order chi connectivity index (χ0) is 19.6. The summed E-state index contributed by atoms with van der Waals surface area (Å²) in [5.74, 6) is -0.617. The smallest absolute Gasteiger partial charge is 0.321 e. The van der Waals surface area contributed by atoms with E-state index in [1.165, 1.54) is 4.90 Å². The van der Waals surface area contributed by atoms with E-state index in [0.717, 1.165) is 10.6 Å². The molecule has 1 aromatic carbocycles. The van der Waals surface area contributed by atoms with Crippen LogP contribution in [0.25, 0.3) is 0 Å². The van der Waals surface area contributed by atoms with Gasteiger partial charge in [-0.3, -0.25) is 4.79 Å². The van der Waals surface area contributed by atoms with E-state index in [0.29, 0.717) is 30.9 Å². The number of carbonyl (C=O) groups excluding carboxylic acids is 1. The first-order chi connectivity index (χ1) is 12.8. The Bertz CT molecular complexity index is 719. The standard InChI is InChI=1S/C18H23F2N3O3S/c1-11-6-12(17(24)25)9-23(8-11)18(26)21-13-2-3-15-14(7-13)22(4-5-27-15)10-16(19)20/h2-3,7,11-12,16H,4-6,8-10H2,1H3,(H,21,26)(H,24,25). The van der Waals surface area contributed by atoms with Gasteiger partial charge in [-0.25, -0.2) is 13.6 Å². The average Bonchev–Trinajstić information content (AvgIpc) is 2.61. The topological polar surface area (TPSA) is 72.9 Å². The molecule has 1 aromatic rings. The second-order valence-corrected chi connectivity index (χ2v) is 8.22.